The van der Waals surface area contributed by atoms with Gasteiger partial charge in [-0.15, -0.1) is 0 Å². The Morgan fingerprint density at radius 3 is 2.31 bits per heavy atom. The van der Waals surface area contributed by atoms with Crippen molar-refractivity contribution in [3.63, 3.8) is 0 Å². The van der Waals surface area contributed by atoms with E-state index in [1.807, 2.05) is 30.3 Å². The van der Waals surface area contributed by atoms with Crippen molar-refractivity contribution in [1.82, 2.24) is 19.7 Å². The largest absolute Gasteiger partial charge is 0.493 e. The van der Waals surface area contributed by atoms with Crippen LogP contribution in [0.2, 0.25) is 0 Å². The number of rotatable bonds is 8. The van der Waals surface area contributed by atoms with E-state index >= 15 is 0 Å². The summed E-state index contributed by atoms with van der Waals surface area (Å²) in [4.78, 5) is 18.4. The van der Waals surface area contributed by atoms with Crippen molar-refractivity contribution in [2.45, 2.75) is 13.1 Å². The van der Waals surface area contributed by atoms with E-state index in [9.17, 15) is 4.79 Å². The first kappa shape index (κ1) is 20.2. The first-order valence-corrected chi connectivity index (χ1v) is 9.02. The van der Waals surface area contributed by atoms with Crippen molar-refractivity contribution in [3.8, 4) is 17.2 Å². The van der Waals surface area contributed by atoms with Crippen molar-refractivity contribution in [2.75, 3.05) is 28.4 Å². The van der Waals surface area contributed by atoms with Gasteiger partial charge in [-0.2, -0.15) is 5.10 Å². The lowest BCUT2D eigenvalue weighted by molar-refractivity contribution is 0.0784. The predicted octanol–water partition coefficient (Wildman–Crippen LogP) is 2.62. The number of aromatic nitrogens is 3. The van der Waals surface area contributed by atoms with Crippen molar-refractivity contribution in [3.05, 3.63) is 65.7 Å². The number of amides is 1. The van der Waals surface area contributed by atoms with Crippen molar-refractivity contribution < 1.29 is 19.0 Å². The van der Waals surface area contributed by atoms with Crippen molar-refractivity contribution >= 4 is 5.91 Å². The second-order valence-corrected chi connectivity index (χ2v) is 6.44. The Labute approximate surface area is 169 Å². The van der Waals surface area contributed by atoms with E-state index in [-0.39, 0.29) is 5.91 Å². The molecular formula is C21H24N4O4. The van der Waals surface area contributed by atoms with Crippen LogP contribution in [-0.2, 0) is 13.1 Å². The van der Waals surface area contributed by atoms with Gasteiger partial charge in [0.2, 0.25) is 5.75 Å². The number of ether oxygens (including phenoxy) is 3. The molecule has 8 heteroatoms. The first-order valence-electron chi connectivity index (χ1n) is 9.02. The lowest BCUT2D eigenvalue weighted by Crippen LogP contribution is -2.26. The molecule has 0 N–H and O–H groups in total. The van der Waals surface area contributed by atoms with E-state index in [0.29, 0.717) is 35.9 Å². The Morgan fingerprint density at radius 2 is 1.72 bits per heavy atom. The Morgan fingerprint density at radius 1 is 1.00 bits per heavy atom. The molecule has 0 fully saturated rings. The number of carbonyl (C=O) groups excluding carboxylic acids is 1. The van der Waals surface area contributed by atoms with E-state index in [1.165, 1.54) is 6.33 Å². The highest BCUT2D eigenvalue weighted by Crippen LogP contribution is 2.40. The van der Waals surface area contributed by atoms with E-state index in [1.54, 1.807) is 50.4 Å². The van der Waals surface area contributed by atoms with Gasteiger partial charge in [0.05, 0.1) is 27.9 Å². The molecule has 0 saturated heterocycles. The summed E-state index contributed by atoms with van der Waals surface area (Å²) in [6, 6.07) is 11.1. The van der Waals surface area contributed by atoms with E-state index in [0.717, 1.165) is 11.1 Å². The first-order chi connectivity index (χ1) is 14.1. The summed E-state index contributed by atoms with van der Waals surface area (Å²) in [7, 11) is 6.44. The highest BCUT2D eigenvalue weighted by atomic mass is 16.5. The zero-order valence-corrected chi connectivity index (χ0v) is 17.0. The van der Waals surface area contributed by atoms with Gasteiger partial charge in [0.25, 0.3) is 5.91 Å². The van der Waals surface area contributed by atoms with Crippen LogP contribution in [-0.4, -0.2) is 53.9 Å². The standard InChI is InChI=1S/C21H24N4O4/c1-24(12-17-9-10-18(27-2)20(29-4)19(17)28-3)21(26)16-7-5-15(6-8-16)11-25-14-22-13-23-25/h5-10,13-14H,11-12H2,1-4H3. The number of hydrogen-bond donors (Lipinski definition) is 0. The van der Waals surface area contributed by atoms with Gasteiger partial charge in [-0.1, -0.05) is 12.1 Å². The Hall–Kier alpha value is -3.55. The van der Waals surface area contributed by atoms with Gasteiger partial charge in [-0.05, 0) is 29.8 Å². The van der Waals surface area contributed by atoms with Crippen LogP contribution in [0.4, 0.5) is 0 Å². The molecule has 0 atom stereocenters. The number of carbonyl (C=O) groups is 1. The zero-order valence-electron chi connectivity index (χ0n) is 17.0. The normalized spacial score (nSPS) is 10.5. The summed E-state index contributed by atoms with van der Waals surface area (Å²) < 4.78 is 18.0. The summed E-state index contributed by atoms with van der Waals surface area (Å²) >= 11 is 0. The molecule has 29 heavy (non-hydrogen) atoms. The Kier molecular flexibility index (Phi) is 6.33. The maximum absolute atomic E-state index is 12.9. The molecule has 2 aromatic carbocycles. The number of benzene rings is 2. The fourth-order valence-corrected chi connectivity index (χ4v) is 3.09. The molecular weight excluding hydrogens is 372 g/mol. The molecule has 0 radical (unpaired) electrons. The van der Waals surface area contributed by atoms with Crippen molar-refractivity contribution in [2.24, 2.45) is 0 Å². The average molecular weight is 396 g/mol. The predicted molar refractivity (Wildman–Crippen MR) is 107 cm³/mol. The minimum Gasteiger partial charge on any atom is -0.493 e. The molecule has 0 spiro atoms. The van der Waals surface area contributed by atoms with Crippen LogP contribution in [0.3, 0.4) is 0 Å². The fraction of sp³-hybridized carbons (Fsp3) is 0.286. The second kappa shape index (κ2) is 9.09. The molecule has 152 valence electrons. The monoisotopic (exact) mass is 396 g/mol. The Bertz CT molecular complexity index is 956. The molecule has 0 aliphatic heterocycles. The minimum atomic E-state index is -0.0888. The third kappa shape index (κ3) is 4.48. The van der Waals surface area contributed by atoms with Crippen LogP contribution >= 0.6 is 0 Å². The third-order valence-corrected chi connectivity index (χ3v) is 4.55. The van der Waals surface area contributed by atoms with Crippen LogP contribution in [0, 0.1) is 0 Å². The number of methoxy groups -OCH3 is 3. The molecule has 0 aliphatic rings. The molecule has 1 amide bonds. The van der Waals surface area contributed by atoms with Crippen molar-refractivity contribution in [1.29, 1.82) is 0 Å². The van der Waals surface area contributed by atoms with Gasteiger partial charge in [0.1, 0.15) is 12.7 Å². The van der Waals surface area contributed by atoms with Gasteiger partial charge in [-0.25, -0.2) is 9.67 Å². The van der Waals surface area contributed by atoms with E-state index < -0.39 is 0 Å². The molecule has 0 saturated carbocycles. The fourth-order valence-electron chi connectivity index (χ4n) is 3.09. The molecule has 1 heterocycles. The van der Waals surface area contributed by atoms with Gasteiger partial charge in [0.15, 0.2) is 11.5 Å². The van der Waals surface area contributed by atoms with E-state index in [4.69, 9.17) is 14.2 Å². The van der Waals surface area contributed by atoms with Gasteiger partial charge < -0.3 is 19.1 Å². The topological polar surface area (TPSA) is 78.7 Å². The van der Waals surface area contributed by atoms with E-state index in [2.05, 4.69) is 10.1 Å². The minimum absolute atomic E-state index is 0.0888. The SMILES string of the molecule is COc1ccc(CN(C)C(=O)c2ccc(Cn3cncn3)cc2)c(OC)c1OC. The molecule has 1 aromatic heterocycles. The summed E-state index contributed by atoms with van der Waals surface area (Å²) in [5.41, 5.74) is 2.47. The average Bonchev–Trinajstić information content (AvgIpc) is 3.26. The highest BCUT2D eigenvalue weighted by Gasteiger charge is 2.19. The molecule has 8 nitrogen and oxygen atoms in total. The van der Waals surface area contributed by atoms with Crippen LogP contribution in [0.1, 0.15) is 21.5 Å². The maximum atomic E-state index is 12.9. The van der Waals surface area contributed by atoms with Crippen LogP contribution in [0.25, 0.3) is 0 Å². The lowest BCUT2D eigenvalue weighted by Gasteiger charge is -2.21. The van der Waals surface area contributed by atoms with Crippen LogP contribution in [0.5, 0.6) is 17.2 Å². The van der Waals surface area contributed by atoms with Gasteiger partial charge in [-0.3, -0.25) is 4.79 Å². The molecule has 0 bridgehead atoms. The molecule has 0 aliphatic carbocycles. The summed E-state index contributed by atoms with van der Waals surface area (Å²) in [6.45, 7) is 0.968. The summed E-state index contributed by atoms with van der Waals surface area (Å²) in [6.07, 6.45) is 3.15. The quantitative estimate of drug-likeness (QED) is 0.582. The maximum Gasteiger partial charge on any atom is 0.253 e. The summed E-state index contributed by atoms with van der Waals surface area (Å²) in [5, 5.41) is 4.09. The lowest BCUT2D eigenvalue weighted by atomic mass is 10.1. The number of nitrogens with zero attached hydrogens (tertiary/aromatic N) is 4. The molecule has 3 aromatic rings. The van der Waals surface area contributed by atoms with Gasteiger partial charge in [0, 0.05) is 24.7 Å². The Balaban J connectivity index is 1.73. The highest BCUT2D eigenvalue weighted by molar-refractivity contribution is 5.94. The van der Waals surface area contributed by atoms with Crippen LogP contribution < -0.4 is 14.2 Å². The second-order valence-electron chi connectivity index (χ2n) is 6.44. The molecule has 0 unspecified atom stereocenters. The van der Waals surface area contributed by atoms with Crippen LogP contribution in [0.15, 0.2) is 49.1 Å². The smallest absolute Gasteiger partial charge is 0.253 e. The third-order valence-electron chi connectivity index (χ3n) is 4.55. The number of hydrogen-bond acceptors (Lipinski definition) is 6. The summed E-state index contributed by atoms with van der Waals surface area (Å²) in [5.74, 6) is 1.54. The van der Waals surface area contributed by atoms with Gasteiger partial charge >= 0.3 is 0 Å². The zero-order chi connectivity index (χ0) is 20.8. The molecule has 3 rings (SSSR count).